The minimum atomic E-state index is 0.339. The molecule has 2 aromatic heterocycles. The molecule has 88 valence electrons. The Labute approximate surface area is 94.1 Å². The van der Waals surface area contributed by atoms with Gasteiger partial charge in [-0.2, -0.15) is 9.97 Å². The highest BCUT2D eigenvalue weighted by Crippen LogP contribution is 2.09. The molecule has 0 amide bonds. The Morgan fingerprint density at radius 1 is 0.875 bits per heavy atom. The average molecular weight is 224 g/mol. The van der Waals surface area contributed by atoms with Crippen LogP contribution in [0.4, 0.5) is 0 Å². The van der Waals surface area contributed by atoms with E-state index in [1.54, 1.807) is 13.8 Å². The molecule has 0 unspecified atom stereocenters. The molecule has 0 spiro atoms. The Kier molecular flexibility index (Phi) is 4.16. The van der Waals surface area contributed by atoms with Crippen molar-refractivity contribution in [3.8, 4) is 0 Å². The Hall–Kier alpha value is -1.72. The molecule has 0 aliphatic rings. The first-order valence-corrected chi connectivity index (χ1v) is 5.06. The van der Waals surface area contributed by atoms with Crippen LogP contribution >= 0.6 is 0 Å². The number of hydrogen-bond donors (Lipinski definition) is 0. The summed E-state index contributed by atoms with van der Waals surface area (Å²) in [6.45, 7) is 9.41. The molecule has 0 N–H and O–H groups in total. The van der Waals surface area contributed by atoms with Crippen LogP contribution in [0.15, 0.2) is 9.05 Å². The molecule has 0 fully saturated rings. The molecule has 6 heteroatoms. The molecule has 0 atom stereocenters. The minimum absolute atomic E-state index is 0.339. The Morgan fingerprint density at radius 3 is 1.62 bits per heavy atom. The normalized spacial score (nSPS) is 10.1. The van der Waals surface area contributed by atoms with E-state index in [-0.39, 0.29) is 0 Å². The van der Waals surface area contributed by atoms with E-state index in [2.05, 4.69) is 24.8 Å². The van der Waals surface area contributed by atoms with Gasteiger partial charge in [0.25, 0.3) is 0 Å². The van der Waals surface area contributed by atoms with Gasteiger partial charge in [-0.1, -0.05) is 24.2 Å². The Balaban J connectivity index is 0.000000165. The monoisotopic (exact) mass is 224 g/mol. The minimum Gasteiger partial charge on any atom is -0.340 e. The molecule has 0 aromatic carbocycles. The van der Waals surface area contributed by atoms with Crippen molar-refractivity contribution in [3.63, 3.8) is 0 Å². The van der Waals surface area contributed by atoms with E-state index in [1.807, 2.05) is 20.8 Å². The number of rotatable bonds is 1. The second-order valence-corrected chi connectivity index (χ2v) is 3.70. The van der Waals surface area contributed by atoms with Crippen LogP contribution < -0.4 is 0 Å². The second kappa shape index (κ2) is 5.39. The van der Waals surface area contributed by atoms with Crippen molar-refractivity contribution in [2.24, 2.45) is 0 Å². The molecule has 0 aliphatic heterocycles. The summed E-state index contributed by atoms with van der Waals surface area (Å²) in [5.41, 5.74) is 0. The fourth-order valence-corrected chi connectivity index (χ4v) is 0.948. The number of aromatic nitrogens is 4. The van der Waals surface area contributed by atoms with Crippen molar-refractivity contribution in [2.45, 2.75) is 40.5 Å². The molecular formula is C10H16N4O2. The fourth-order valence-electron chi connectivity index (χ4n) is 0.948. The molecule has 16 heavy (non-hydrogen) atoms. The molecule has 0 saturated carbocycles. The summed E-state index contributed by atoms with van der Waals surface area (Å²) in [7, 11) is 0. The van der Waals surface area contributed by atoms with E-state index in [0.717, 1.165) is 0 Å². The van der Waals surface area contributed by atoms with Crippen LogP contribution in [-0.2, 0) is 0 Å². The van der Waals surface area contributed by atoms with Crippen molar-refractivity contribution in [1.29, 1.82) is 0 Å². The summed E-state index contributed by atoms with van der Waals surface area (Å²) in [6, 6.07) is 0. The molecular weight excluding hydrogens is 208 g/mol. The van der Waals surface area contributed by atoms with Gasteiger partial charge in [-0.25, -0.2) is 0 Å². The summed E-state index contributed by atoms with van der Waals surface area (Å²) in [6.07, 6.45) is 0. The van der Waals surface area contributed by atoms with Gasteiger partial charge in [0.2, 0.25) is 11.8 Å². The summed E-state index contributed by atoms with van der Waals surface area (Å²) in [4.78, 5) is 7.87. The van der Waals surface area contributed by atoms with E-state index in [1.165, 1.54) is 0 Å². The lowest BCUT2D eigenvalue weighted by atomic mass is 10.2. The van der Waals surface area contributed by atoms with E-state index in [9.17, 15) is 0 Å². The van der Waals surface area contributed by atoms with Crippen molar-refractivity contribution >= 4 is 0 Å². The lowest BCUT2D eigenvalue weighted by Gasteiger charge is -1.91. The van der Waals surface area contributed by atoms with E-state index in [4.69, 9.17) is 4.52 Å². The maximum Gasteiger partial charge on any atom is 0.229 e. The first kappa shape index (κ1) is 12.4. The Bertz CT molecular complexity index is 417. The molecule has 0 saturated heterocycles. The molecule has 2 aromatic rings. The zero-order valence-corrected chi connectivity index (χ0v) is 10.2. The van der Waals surface area contributed by atoms with Crippen LogP contribution in [0, 0.1) is 20.8 Å². The highest BCUT2D eigenvalue weighted by Gasteiger charge is 2.05. The first-order valence-electron chi connectivity index (χ1n) is 5.06. The molecule has 2 heterocycles. The maximum atomic E-state index is 4.86. The van der Waals surface area contributed by atoms with Gasteiger partial charge < -0.3 is 9.05 Å². The van der Waals surface area contributed by atoms with E-state index < -0.39 is 0 Å². The zero-order chi connectivity index (χ0) is 12.1. The SMILES string of the molecule is Cc1noc(C(C)C)n1.Cc1noc(C)n1. The quantitative estimate of drug-likeness (QED) is 0.738. The molecule has 0 radical (unpaired) electrons. The predicted molar refractivity (Wildman–Crippen MR) is 56.9 cm³/mol. The van der Waals surface area contributed by atoms with Crippen molar-refractivity contribution in [1.82, 2.24) is 20.3 Å². The number of aryl methyl sites for hydroxylation is 3. The third-order valence-corrected chi connectivity index (χ3v) is 1.67. The van der Waals surface area contributed by atoms with E-state index in [0.29, 0.717) is 29.3 Å². The van der Waals surface area contributed by atoms with Crippen LogP contribution in [0.3, 0.4) is 0 Å². The zero-order valence-electron chi connectivity index (χ0n) is 10.2. The average Bonchev–Trinajstić information content (AvgIpc) is 2.76. The highest BCUT2D eigenvalue weighted by molar-refractivity contribution is 4.87. The van der Waals surface area contributed by atoms with E-state index >= 15 is 0 Å². The van der Waals surface area contributed by atoms with Gasteiger partial charge >= 0.3 is 0 Å². The van der Waals surface area contributed by atoms with Gasteiger partial charge in [-0.05, 0) is 13.8 Å². The van der Waals surface area contributed by atoms with Crippen LogP contribution in [0.1, 0.15) is 43.2 Å². The third-order valence-electron chi connectivity index (χ3n) is 1.67. The van der Waals surface area contributed by atoms with Gasteiger partial charge in [-0.15, -0.1) is 0 Å². The molecule has 6 nitrogen and oxygen atoms in total. The smallest absolute Gasteiger partial charge is 0.229 e. The van der Waals surface area contributed by atoms with Gasteiger partial charge in [0.15, 0.2) is 11.6 Å². The second-order valence-electron chi connectivity index (χ2n) is 3.70. The maximum absolute atomic E-state index is 4.86. The van der Waals surface area contributed by atoms with Gasteiger partial charge in [0.05, 0.1) is 0 Å². The van der Waals surface area contributed by atoms with Gasteiger partial charge in [-0.3, -0.25) is 0 Å². The summed E-state index contributed by atoms with van der Waals surface area (Å²) < 4.78 is 9.47. The van der Waals surface area contributed by atoms with Gasteiger partial charge in [0, 0.05) is 12.8 Å². The van der Waals surface area contributed by atoms with Crippen molar-refractivity contribution in [3.05, 3.63) is 23.4 Å². The Morgan fingerprint density at radius 2 is 1.44 bits per heavy atom. The van der Waals surface area contributed by atoms with Crippen LogP contribution in [0.5, 0.6) is 0 Å². The molecule has 0 bridgehead atoms. The van der Waals surface area contributed by atoms with Crippen molar-refractivity contribution < 1.29 is 9.05 Å². The summed E-state index contributed by atoms with van der Waals surface area (Å²) in [5.74, 6) is 3.08. The number of hydrogen-bond acceptors (Lipinski definition) is 6. The standard InChI is InChI=1S/C6H10N2O.C4H6N2O/c1-4(2)6-7-5(3)8-9-6;1-3-5-4(2)7-6-3/h4H,1-3H3;1-2H3. The lowest BCUT2D eigenvalue weighted by molar-refractivity contribution is 0.362. The van der Waals surface area contributed by atoms with Gasteiger partial charge in [0.1, 0.15) is 0 Å². The molecule has 0 aliphatic carbocycles. The van der Waals surface area contributed by atoms with Crippen LogP contribution in [-0.4, -0.2) is 20.3 Å². The first-order chi connectivity index (χ1) is 7.49. The summed E-state index contributed by atoms with van der Waals surface area (Å²) >= 11 is 0. The predicted octanol–water partition coefficient (Wildman–Crippen LogP) is 2.19. The summed E-state index contributed by atoms with van der Waals surface area (Å²) in [5, 5.41) is 7.18. The molecule has 2 rings (SSSR count). The largest absolute Gasteiger partial charge is 0.340 e. The highest BCUT2D eigenvalue weighted by atomic mass is 16.5. The third kappa shape index (κ3) is 3.80. The fraction of sp³-hybridized carbons (Fsp3) is 0.600. The lowest BCUT2D eigenvalue weighted by Crippen LogP contribution is -1.85. The topological polar surface area (TPSA) is 77.8 Å². The van der Waals surface area contributed by atoms with Crippen molar-refractivity contribution in [2.75, 3.05) is 0 Å². The van der Waals surface area contributed by atoms with Crippen LogP contribution in [0.25, 0.3) is 0 Å². The number of nitrogens with zero attached hydrogens (tertiary/aromatic N) is 4. The van der Waals surface area contributed by atoms with Crippen LogP contribution in [0.2, 0.25) is 0 Å².